The molecule has 0 heteroatoms. The Morgan fingerprint density at radius 2 is 0.431 bits per heavy atom. The van der Waals surface area contributed by atoms with E-state index in [0.29, 0.717) is 0 Å². The monoisotopic (exact) mass is 836 g/mol. The van der Waals surface area contributed by atoms with Crippen LogP contribution in [0.5, 0.6) is 0 Å². The zero-order chi connectivity index (χ0) is 45.0. The minimum atomic E-state index is 1.26. The molecule has 0 unspecified atom stereocenters. The van der Waals surface area contributed by atoms with Crippen LogP contribution >= 0.6 is 0 Å². The lowest BCUT2D eigenvalue weighted by Crippen LogP contribution is -1.85. The quantitative estimate of drug-likeness (QED) is 0.156. The third-order valence-electron chi connectivity index (χ3n) is 11.9. The van der Waals surface area contributed by atoms with Crippen LogP contribution in [0, 0.1) is 6.92 Å². The van der Waals surface area contributed by atoms with Gasteiger partial charge in [-0.15, -0.1) is 0 Å². The first kappa shape index (κ1) is 43.8. The van der Waals surface area contributed by atoms with Crippen molar-refractivity contribution in [1.82, 2.24) is 0 Å². The molecule has 0 spiro atoms. The molecule has 316 valence electrons. The molecule has 0 amide bonds. The Morgan fingerprint density at radius 3 is 0.815 bits per heavy atom. The van der Waals surface area contributed by atoms with E-state index in [1.165, 1.54) is 104 Å². The van der Waals surface area contributed by atoms with E-state index in [4.69, 9.17) is 0 Å². The van der Waals surface area contributed by atoms with E-state index >= 15 is 0 Å². The van der Waals surface area contributed by atoms with Gasteiger partial charge < -0.3 is 0 Å². The van der Waals surface area contributed by atoms with Crippen molar-refractivity contribution in [3.05, 3.63) is 254 Å². The Labute approximate surface area is 385 Å². The largest absolute Gasteiger partial charge is 0.0683 e. The Hall–Kier alpha value is -7.80. The fourth-order valence-electron chi connectivity index (χ4n) is 8.58. The fraction of sp³-hybridized carbons (Fsp3) is 0.0769. The zero-order valence-corrected chi connectivity index (χ0v) is 38.2. The molecule has 0 atom stereocenters. The lowest BCUT2D eigenvalue weighted by Gasteiger charge is -2.11. The van der Waals surface area contributed by atoms with Crippen molar-refractivity contribution in [2.24, 2.45) is 0 Å². The van der Waals surface area contributed by atoms with Crippen LogP contribution in [0.15, 0.2) is 249 Å². The van der Waals surface area contributed by atoms with Gasteiger partial charge in [0, 0.05) is 0 Å². The lowest BCUT2D eigenvalue weighted by molar-refractivity contribution is 1.50. The van der Waals surface area contributed by atoms with Gasteiger partial charge in [-0.1, -0.05) is 228 Å². The maximum absolute atomic E-state index is 2.33. The second kappa shape index (κ2) is 21.0. The highest BCUT2D eigenvalue weighted by molar-refractivity contribution is 6.10. The summed E-state index contributed by atoms with van der Waals surface area (Å²) in [6, 6.07) is 88.7. The smallest absolute Gasteiger partial charge is 0.0142 e. The molecule has 0 fully saturated rings. The number of benzene rings is 12. The molecule has 0 aromatic heterocycles. The molecule has 12 aromatic rings. The van der Waals surface area contributed by atoms with Crippen molar-refractivity contribution in [2.75, 3.05) is 0 Å². The molecule has 0 saturated carbocycles. The van der Waals surface area contributed by atoms with Crippen molar-refractivity contribution >= 4 is 64.6 Å². The summed E-state index contributed by atoms with van der Waals surface area (Å²) in [5, 5.41) is 15.8. The van der Waals surface area contributed by atoms with E-state index in [9.17, 15) is 0 Å². The Kier molecular flexibility index (Phi) is 14.2. The average molecular weight is 837 g/mol. The van der Waals surface area contributed by atoms with Gasteiger partial charge in [0.15, 0.2) is 0 Å². The van der Waals surface area contributed by atoms with Gasteiger partial charge in [0.2, 0.25) is 0 Å². The van der Waals surface area contributed by atoms with Crippen molar-refractivity contribution in [1.29, 1.82) is 0 Å². The van der Waals surface area contributed by atoms with Gasteiger partial charge in [-0.25, -0.2) is 0 Å². The number of fused-ring (bicyclic) bond motifs is 6. The van der Waals surface area contributed by atoms with Crippen molar-refractivity contribution < 1.29 is 0 Å². The van der Waals surface area contributed by atoms with E-state index in [0.717, 1.165) is 0 Å². The summed E-state index contributed by atoms with van der Waals surface area (Å²) < 4.78 is 0. The lowest BCUT2D eigenvalue weighted by atomic mass is 9.93. The fourth-order valence-corrected chi connectivity index (χ4v) is 8.58. The van der Waals surface area contributed by atoms with Crippen LogP contribution in [0.3, 0.4) is 0 Å². The average Bonchev–Trinajstić information content (AvgIpc) is 3.39. The second-order valence-corrected chi connectivity index (χ2v) is 15.8. The van der Waals surface area contributed by atoms with E-state index in [1.54, 1.807) is 0 Å². The first-order chi connectivity index (χ1) is 32.1. The molecular formula is C65H56. The third-order valence-corrected chi connectivity index (χ3v) is 11.9. The van der Waals surface area contributed by atoms with E-state index in [2.05, 4.69) is 244 Å². The van der Waals surface area contributed by atoms with Gasteiger partial charge in [0.1, 0.15) is 0 Å². The Balaban J connectivity index is 0.000000129. The molecule has 0 aliphatic carbocycles. The first-order valence-corrected chi connectivity index (χ1v) is 23.1. The van der Waals surface area contributed by atoms with Crippen molar-refractivity contribution in [2.45, 2.75) is 34.6 Å². The summed E-state index contributed by atoms with van der Waals surface area (Å²) in [5.41, 5.74) is 8.95. The van der Waals surface area contributed by atoms with Crippen LogP contribution in [-0.4, -0.2) is 0 Å². The Morgan fingerprint density at radius 1 is 0.185 bits per heavy atom. The van der Waals surface area contributed by atoms with Crippen molar-refractivity contribution in [3.8, 4) is 33.4 Å². The van der Waals surface area contributed by atoms with E-state index in [1.807, 2.05) is 39.8 Å². The molecule has 0 heterocycles. The van der Waals surface area contributed by atoms with Gasteiger partial charge in [0.05, 0.1) is 0 Å². The van der Waals surface area contributed by atoms with Crippen LogP contribution in [-0.2, 0) is 0 Å². The van der Waals surface area contributed by atoms with Crippen molar-refractivity contribution in [3.63, 3.8) is 0 Å². The van der Waals surface area contributed by atoms with Gasteiger partial charge in [0.25, 0.3) is 0 Å². The molecule has 0 saturated heterocycles. The van der Waals surface area contributed by atoms with E-state index in [-0.39, 0.29) is 0 Å². The number of rotatable bonds is 3. The molecular weight excluding hydrogens is 781 g/mol. The highest BCUT2D eigenvalue weighted by Crippen LogP contribution is 2.34. The Bertz CT molecular complexity index is 3290. The van der Waals surface area contributed by atoms with Gasteiger partial charge in [-0.05, 0) is 159 Å². The highest BCUT2D eigenvalue weighted by atomic mass is 14.1. The molecule has 0 nitrogen and oxygen atoms in total. The molecule has 65 heavy (non-hydrogen) atoms. The summed E-state index contributed by atoms with van der Waals surface area (Å²) in [5.74, 6) is 0. The molecule has 12 rings (SSSR count). The zero-order valence-electron chi connectivity index (χ0n) is 38.2. The topological polar surface area (TPSA) is 0 Å². The molecule has 12 aromatic carbocycles. The predicted molar refractivity (Wildman–Crippen MR) is 288 cm³/mol. The summed E-state index contributed by atoms with van der Waals surface area (Å²) in [7, 11) is 0. The van der Waals surface area contributed by atoms with Gasteiger partial charge in [-0.3, -0.25) is 0 Å². The van der Waals surface area contributed by atoms with Gasteiger partial charge in [-0.2, -0.15) is 0 Å². The summed E-state index contributed by atoms with van der Waals surface area (Å²) in [4.78, 5) is 0. The molecule has 0 N–H and O–H groups in total. The second-order valence-electron chi connectivity index (χ2n) is 15.8. The number of aryl methyl sites for hydroxylation is 1. The summed E-state index contributed by atoms with van der Waals surface area (Å²) in [6.45, 7) is 10.2. The first-order valence-electron chi connectivity index (χ1n) is 23.1. The summed E-state index contributed by atoms with van der Waals surface area (Å²) >= 11 is 0. The minimum absolute atomic E-state index is 1.26. The van der Waals surface area contributed by atoms with Crippen LogP contribution in [0.1, 0.15) is 33.3 Å². The van der Waals surface area contributed by atoms with Crippen LogP contribution in [0.25, 0.3) is 98.0 Å². The maximum atomic E-state index is 2.33. The van der Waals surface area contributed by atoms with Gasteiger partial charge >= 0.3 is 0 Å². The number of hydrogen-bond donors (Lipinski definition) is 0. The maximum Gasteiger partial charge on any atom is -0.0142 e. The molecule has 0 aliphatic heterocycles. The third kappa shape index (κ3) is 10.0. The standard InChI is InChI=1S/C23H16.C20H14.C18H14.2C2H6/c1-15-22-13-18-8-4-2-6-16(18)10-20(22)12-21-11-17-7-3-5-9-19(17)14-23(15)21;1-2-6-15(7-3-1)18-10-11-19-12-16-8-4-5-9-17(16)13-20(19)14-18;1-3-7-15(8-4-1)17-11-13-18(14-12-17)16-9-5-2-6-10-16;2*1-2/h2-14H,1H3;1-14H;1-14H;2*1-2H3. The highest BCUT2D eigenvalue weighted by Gasteiger charge is 2.08. The predicted octanol–water partition coefficient (Wildman–Crippen LogP) is 19.3. The molecule has 0 aliphatic rings. The molecule has 0 radical (unpaired) electrons. The minimum Gasteiger partial charge on any atom is -0.0683 e. The SMILES string of the molecule is CC.CC.Cc1c2cc3ccccc3cc2cc2cc3ccccc3cc12.c1ccc(-c2ccc(-c3ccccc3)cc2)cc1.c1ccc(-c2ccc3cc4ccccc4cc3c2)cc1. The summed E-state index contributed by atoms with van der Waals surface area (Å²) in [6.07, 6.45) is 0. The van der Waals surface area contributed by atoms with Crippen LogP contribution < -0.4 is 0 Å². The van der Waals surface area contributed by atoms with Crippen LogP contribution in [0.2, 0.25) is 0 Å². The van der Waals surface area contributed by atoms with Crippen LogP contribution in [0.4, 0.5) is 0 Å². The van der Waals surface area contributed by atoms with E-state index < -0.39 is 0 Å². The molecule has 0 bridgehead atoms. The normalized spacial score (nSPS) is 10.5. The number of hydrogen-bond acceptors (Lipinski definition) is 0.